The van der Waals surface area contributed by atoms with Crippen LogP contribution in [0.15, 0.2) is 24.3 Å². The maximum atomic E-state index is 10.2. The van der Waals surface area contributed by atoms with Crippen molar-refractivity contribution in [3.05, 3.63) is 35.4 Å². The van der Waals surface area contributed by atoms with E-state index >= 15 is 0 Å². The van der Waals surface area contributed by atoms with Gasteiger partial charge in [0.1, 0.15) is 0 Å². The first-order valence-electron chi connectivity index (χ1n) is 3.74. The van der Waals surface area contributed by atoms with Crippen molar-refractivity contribution in [2.45, 2.75) is 6.54 Å². The van der Waals surface area contributed by atoms with Gasteiger partial charge < -0.3 is 10.4 Å². The maximum absolute atomic E-state index is 10.2. The summed E-state index contributed by atoms with van der Waals surface area (Å²) >= 11 is 0. The van der Waals surface area contributed by atoms with Crippen LogP contribution in [-0.4, -0.2) is 11.2 Å². The van der Waals surface area contributed by atoms with E-state index in [1.807, 2.05) is 6.07 Å². The average Bonchev–Trinajstić information content (AvgIpc) is 2.15. The van der Waals surface area contributed by atoms with Gasteiger partial charge in [0, 0.05) is 12.1 Å². The summed E-state index contributed by atoms with van der Waals surface area (Å²) in [6.45, 7) is 0.283. The number of hydrogen-bond donors (Lipinski definition) is 2. The molecule has 66 valence electrons. The highest BCUT2D eigenvalue weighted by Crippen LogP contribution is 2.03. The molecule has 0 heterocycles. The highest BCUT2D eigenvalue weighted by molar-refractivity contribution is 5.64. The van der Waals surface area contributed by atoms with Gasteiger partial charge in [-0.3, -0.25) is 0 Å². The third kappa shape index (κ3) is 2.88. The zero-order valence-corrected chi connectivity index (χ0v) is 6.95. The van der Waals surface area contributed by atoms with E-state index in [2.05, 4.69) is 11.2 Å². The van der Waals surface area contributed by atoms with E-state index in [-0.39, 0.29) is 6.54 Å². The van der Waals surface area contributed by atoms with Crippen molar-refractivity contribution in [3.63, 3.8) is 0 Å². The van der Waals surface area contributed by atoms with Gasteiger partial charge in [-0.2, -0.15) is 0 Å². The van der Waals surface area contributed by atoms with Crippen LogP contribution in [0.4, 0.5) is 4.79 Å². The molecule has 1 aromatic carbocycles. The first-order valence-corrected chi connectivity index (χ1v) is 3.74. The maximum Gasteiger partial charge on any atom is 0.404 e. The molecule has 1 aromatic rings. The van der Waals surface area contributed by atoms with Crippen molar-refractivity contribution < 1.29 is 9.90 Å². The van der Waals surface area contributed by atoms with Crippen LogP contribution in [0.2, 0.25) is 0 Å². The minimum Gasteiger partial charge on any atom is -0.465 e. The Morgan fingerprint density at radius 2 is 2.38 bits per heavy atom. The number of amides is 1. The second-order valence-electron chi connectivity index (χ2n) is 2.50. The number of rotatable bonds is 2. The van der Waals surface area contributed by atoms with Crippen molar-refractivity contribution in [3.8, 4) is 12.3 Å². The number of carbonyl (C=O) groups is 1. The lowest BCUT2D eigenvalue weighted by molar-refractivity contribution is 0.194. The van der Waals surface area contributed by atoms with Gasteiger partial charge in [-0.25, -0.2) is 4.79 Å². The molecule has 13 heavy (non-hydrogen) atoms. The molecule has 2 N–H and O–H groups in total. The fourth-order valence-electron chi connectivity index (χ4n) is 0.949. The molecule has 3 heteroatoms. The van der Waals surface area contributed by atoms with E-state index in [0.29, 0.717) is 0 Å². The molecule has 0 aliphatic heterocycles. The van der Waals surface area contributed by atoms with Crippen molar-refractivity contribution in [1.82, 2.24) is 5.32 Å². The highest BCUT2D eigenvalue weighted by Gasteiger charge is 1.96. The van der Waals surface area contributed by atoms with Gasteiger partial charge in [0.05, 0.1) is 0 Å². The molecule has 0 atom stereocenters. The molecule has 0 spiro atoms. The topological polar surface area (TPSA) is 49.3 Å². The SMILES string of the molecule is C#Cc1cccc(CNC(=O)O)c1. The highest BCUT2D eigenvalue weighted by atomic mass is 16.4. The Hall–Kier alpha value is -1.95. The van der Waals surface area contributed by atoms with Crippen molar-refractivity contribution in [2.75, 3.05) is 0 Å². The third-order valence-corrected chi connectivity index (χ3v) is 1.54. The van der Waals surface area contributed by atoms with Crippen molar-refractivity contribution in [1.29, 1.82) is 0 Å². The van der Waals surface area contributed by atoms with Crippen LogP contribution in [0.25, 0.3) is 0 Å². The summed E-state index contributed by atoms with van der Waals surface area (Å²) in [5.41, 5.74) is 1.61. The predicted molar refractivity (Wildman–Crippen MR) is 49.2 cm³/mol. The van der Waals surface area contributed by atoms with Gasteiger partial charge in [-0.15, -0.1) is 6.42 Å². The quantitative estimate of drug-likeness (QED) is 0.668. The molecular weight excluding hydrogens is 166 g/mol. The van der Waals surface area contributed by atoms with E-state index in [0.717, 1.165) is 11.1 Å². The molecule has 0 saturated heterocycles. The summed E-state index contributed by atoms with van der Waals surface area (Å²) in [6, 6.07) is 7.19. The Morgan fingerprint density at radius 3 is 3.00 bits per heavy atom. The Balaban J connectivity index is 2.68. The summed E-state index contributed by atoms with van der Waals surface area (Å²) in [7, 11) is 0. The molecule has 0 fully saturated rings. The van der Waals surface area contributed by atoms with Crippen LogP contribution in [0, 0.1) is 12.3 Å². The van der Waals surface area contributed by atoms with Gasteiger partial charge in [0.15, 0.2) is 0 Å². The second-order valence-corrected chi connectivity index (χ2v) is 2.50. The van der Waals surface area contributed by atoms with Gasteiger partial charge in [-0.1, -0.05) is 18.1 Å². The van der Waals surface area contributed by atoms with Crippen LogP contribution in [-0.2, 0) is 6.54 Å². The minimum absolute atomic E-state index is 0.283. The van der Waals surface area contributed by atoms with Crippen molar-refractivity contribution in [2.24, 2.45) is 0 Å². The predicted octanol–water partition coefficient (Wildman–Crippen LogP) is 1.44. The number of benzene rings is 1. The molecule has 3 nitrogen and oxygen atoms in total. The summed E-state index contributed by atoms with van der Waals surface area (Å²) in [5.74, 6) is 2.48. The molecular formula is C10H9NO2. The van der Waals surface area contributed by atoms with Crippen molar-refractivity contribution >= 4 is 6.09 Å². The molecule has 0 aromatic heterocycles. The Bertz CT molecular complexity index is 352. The molecule has 0 saturated carbocycles. The summed E-state index contributed by atoms with van der Waals surface area (Å²) in [6.07, 6.45) is 4.15. The van der Waals surface area contributed by atoms with Gasteiger partial charge >= 0.3 is 6.09 Å². The number of hydrogen-bond acceptors (Lipinski definition) is 1. The van der Waals surface area contributed by atoms with Crippen LogP contribution in [0.3, 0.4) is 0 Å². The Kier molecular flexibility index (Phi) is 2.93. The van der Waals surface area contributed by atoms with E-state index < -0.39 is 6.09 Å². The van der Waals surface area contributed by atoms with Crippen LogP contribution < -0.4 is 5.32 Å². The third-order valence-electron chi connectivity index (χ3n) is 1.54. The molecule has 0 radical (unpaired) electrons. The molecule has 1 amide bonds. The smallest absolute Gasteiger partial charge is 0.404 e. The molecule has 0 unspecified atom stereocenters. The van der Waals surface area contributed by atoms with E-state index in [4.69, 9.17) is 11.5 Å². The Labute approximate surface area is 76.4 Å². The average molecular weight is 175 g/mol. The molecule has 0 aliphatic carbocycles. The zero-order chi connectivity index (χ0) is 9.68. The Morgan fingerprint density at radius 1 is 1.62 bits per heavy atom. The summed E-state index contributed by atoms with van der Waals surface area (Å²) < 4.78 is 0. The lowest BCUT2D eigenvalue weighted by Crippen LogP contribution is -2.19. The largest absolute Gasteiger partial charge is 0.465 e. The zero-order valence-electron chi connectivity index (χ0n) is 6.95. The summed E-state index contributed by atoms with van der Waals surface area (Å²) in [5, 5.41) is 10.6. The summed E-state index contributed by atoms with van der Waals surface area (Å²) in [4.78, 5) is 10.2. The first-order chi connectivity index (χ1) is 6.22. The number of nitrogens with one attached hydrogen (secondary N) is 1. The number of carboxylic acid groups (broad SMARTS) is 1. The molecule has 0 bridgehead atoms. The van der Waals surface area contributed by atoms with Gasteiger partial charge in [0.2, 0.25) is 0 Å². The number of terminal acetylenes is 1. The minimum atomic E-state index is -1.04. The van der Waals surface area contributed by atoms with E-state index in [1.165, 1.54) is 0 Å². The van der Waals surface area contributed by atoms with Gasteiger partial charge in [0.25, 0.3) is 0 Å². The molecule has 0 aliphatic rings. The normalized spacial score (nSPS) is 8.85. The van der Waals surface area contributed by atoms with Crippen LogP contribution in [0.5, 0.6) is 0 Å². The molecule has 1 rings (SSSR count). The lowest BCUT2D eigenvalue weighted by atomic mass is 10.1. The lowest BCUT2D eigenvalue weighted by Gasteiger charge is -2.01. The van der Waals surface area contributed by atoms with Crippen LogP contribution in [0.1, 0.15) is 11.1 Å². The standard InChI is InChI=1S/C10H9NO2/c1-2-8-4-3-5-9(6-8)7-11-10(12)13/h1,3-6,11H,7H2,(H,12,13). The first kappa shape index (κ1) is 9.14. The fraction of sp³-hybridized carbons (Fsp3) is 0.100. The second kappa shape index (κ2) is 4.17. The van der Waals surface area contributed by atoms with E-state index in [1.54, 1.807) is 18.2 Å². The van der Waals surface area contributed by atoms with Gasteiger partial charge in [-0.05, 0) is 17.7 Å². The van der Waals surface area contributed by atoms with E-state index in [9.17, 15) is 4.79 Å². The van der Waals surface area contributed by atoms with Crippen LogP contribution >= 0.6 is 0 Å². The monoisotopic (exact) mass is 175 g/mol. The fourth-order valence-corrected chi connectivity index (χ4v) is 0.949.